The summed E-state index contributed by atoms with van der Waals surface area (Å²) in [7, 11) is 0. The van der Waals surface area contributed by atoms with Gasteiger partial charge in [-0.05, 0) is 38.8 Å². The average molecular weight is 272 g/mol. The number of nitrogens with zero attached hydrogens (tertiary/aromatic N) is 2. The number of hydrogen-bond acceptors (Lipinski definition) is 5. The zero-order valence-electron chi connectivity index (χ0n) is 11.5. The van der Waals surface area contributed by atoms with E-state index < -0.39 is 0 Å². The Morgan fingerprint density at radius 2 is 2.25 bits per heavy atom. The van der Waals surface area contributed by atoms with Crippen molar-refractivity contribution in [1.29, 1.82) is 0 Å². The maximum atomic E-state index is 12.2. The maximum absolute atomic E-state index is 12.2. The van der Waals surface area contributed by atoms with E-state index in [1.54, 1.807) is 13.1 Å². The molecule has 2 aromatic heterocycles. The molecule has 0 bridgehead atoms. The Morgan fingerprint density at radius 3 is 2.85 bits per heavy atom. The molecule has 0 aromatic carbocycles. The molecule has 5 nitrogen and oxygen atoms in total. The van der Waals surface area contributed by atoms with Crippen LogP contribution in [0.4, 0.5) is 0 Å². The van der Waals surface area contributed by atoms with Crippen molar-refractivity contribution >= 4 is 5.97 Å². The predicted molar refractivity (Wildman–Crippen MR) is 72.4 cm³/mol. The number of carbonyl (C=O) groups excluding carboxylic acids is 1. The summed E-state index contributed by atoms with van der Waals surface area (Å²) < 4.78 is 10.5. The van der Waals surface area contributed by atoms with Gasteiger partial charge in [0.15, 0.2) is 5.76 Å². The average Bonchev–Trinajstić information content (AvgIpc) is 3.19. The molecule has 0 saturated heterocycles. The first-order valence-corrected chi connectivity index (χ1v) is 6.80. The van der Waals surface area contributed by atoms with Gasteiger partial charge < -0.3 is 9.26 Å². The van der Waals surface area contributed by atoms with Gasteiger partial charge in [0.1, 0.15) is 11.3 Å². The molecule has 2 aromatic rings. The fourth-order valence-electron chi connectivity index (χ4n) is 2.13. The Hall–Kier alpha value is -2.17. The van der Waals surface area contributed by atoms with Crippen molar-refractivity contribution in [1.82, 2.24) is 10.1 Å². The predicted octanol–water partition coefficient (Wildman–Crippen LogP) is 3.10. The van der Waals surface area contributed by atoms with Gasteiger partial charge in [-0.3, -0.25) is 4.98 Å². The number of pyridine rings is 1. The molecule has 0 unspecified atom stereocenters. The molecule has 0 aliphatic heterocycles. The summed E-state index contributed by atoms with van der Waals surface area (Å²) in [5.41, 5.74) is 2.67. The van der Waals surface area contributed by atoms with Gasteiger partial charge in [-0.25, -0.2) is 4.79 Å². The fraction of sp³-hybridized carbons (Fsp3) is 0.400. The minimum atomic E-state index is -0.369. The topological polar surface area (TPSA) is 65.2 Å². The first-order chi connectivity index (χ1) is 9.70. The Bertz CT molecular complexity index is 627. The van der Waals surface area contributed by atoms with E-state index in [0.29, 0.717) is 29.5 Å². The van der Waals surface area contributed by atoms with Crippen LogP contribution in [0.25, 0.3) is 11.3 Å². The van der Waals surface area contributed by atoms with Crippen molar-refractivity contribution in [2.45, 2.75) is 32.6 Å². The lowest BCUT2D eigenvalue weighted by Crippen LogP contribution is -2.07. The zero-order chi connectivity index (χ0) is 14.1. The third-order valence-corrected chi connectivity index (χ3v) is 3.33. The smallest absolute Gasteiger partial charge is 0.344 e. The van der Waals surface area contributed by atoms with Crippen LogP contribution in [-0.2, 0) is 4.74 Å². The number of esters is 1. The van der Waals surface area contributed by atoms with E-state index in [9.17, 15) is 4.79 Å². The van der Waals surface area contributed by atoms with E-state index in [4.69, 9.17) is 9.26 Å². The van der Waals surface area contributed by atoms with Gasteiger partial charge in [-0.1, -0.05) is 5.16 Å². The standard InChI is InChI=1S/C15H16N2O3/c1-3-19-15(18)12-13(11-5-4-9(2)16-8-11)17-20-14(12)10-6-7-10/h4-5,8,10H,3,6-7H2,1-2H3. The van der Waals surface area contributed by atoms with Gasteiger partial charge in [0.25, 0.3) is 0 Å². The van der Waals surface area contributed by atoms with E-state index >= 15 is 0 Å². The molecule has 1 aliphatic carbocycles. The van der Waals surface area contributed by atoms with Crippen molar-refractivity contribution < 1.29 is 14.1 Å². The number of rotatable bonds is 4. The minimum Gasteiger partial charge on any atom is -0.462 e. The molecule has 104 valence electrons. The normalized spacial score (nSPS) is 14.3. The first kappa shape index (κ1) is 12.8. The molecule has 5 heteroatoms. The van der Waals surface area contributed by atoms with Crippen molar-refractivity contribution in [2.75, 3.05) is 6.61 Å². The molecule has 1 saturated carbocycles. The lowest BCUT2D eigenvalue weighted by atomic mass is 10.1. The number of carbonyl (C=O) groups is 1. The molecule has 2 heterocycles. The number of ether oxygens (including phenoxy) is 1. The van der Waals surface area contributed by atoms with Crippen molar-refractivity contribution in [2.24, 2.45) is 0 Å². The monoisotopic (exact) mass is 272 g/mol. The maximum Gasteiger partial charge on any atom is 0.344 e. The van der Waals surface area contributed by atoms with Crippen LogP contribution in [-0.4, -0.2) is 22.7 Å². The highest BCUT2D eigenvalue weighted by atomic mass is 16.5. The Balaban J connectivity index is 2.05. The van der Waals surface area contributed by atoms with E-state index in [2.05, 4.69) is 10.1 Å². The third kappa shape index (κ3) is 2.31. The number of aromatic nitrogens is 2. The molecular formula is C15H16N2O3. The quantitative estimate of drug-likeness (QED) is 0.800. The second kappa shape index (κ2) is 5.07. The van der Waals surface area contributed by atoms with Crippen molar-refractivity contribution in [3.05, 3.63) is 35.3 Å². The summed E-state index contributed by atoms with van der Waals surface area (Å²) in [6, 6.07) is 3.77. The van der Waals surface area contributed by atoms with Gasteiger partial charge in [-0.15, -0.1) is 0 Å². The van der Waals surface area contributed by atoms with Gasteiger partial charge in [0.2, 0.25) is 0 Å². The van der Waals surface area contributed by atoms with Gasteiger partial charge in [-0.2, -0.15) is 0 Å². The Labute approximate surface area is 116 Å². The molecule has 0 N–H and O–H groups in total. The highest BCUT2D eigenvalue weighted by molar-refractivity contribution is 5.97. The lowest BCUT2D eigenvalue weighted by molar-refractivity contribution is 0.0524. The molecular weight excluding hydrogens is 256 g/mol. The largest absolute Gasteiger partial charge is 0.462 e. The molecule has 0 spiro atoms. The van der Waals surface area contributed by atoms with Crippen LogP contribution < -0.4 is 0 Å². The molecule has 0 atom stereocenters. The number of aryl methyl sites for hydroxylation is 1. The lowest BCUT2D eigenvalue weighted by Gasteiger charge is -2.03. The van der Waals surface area contributed by atoms with Crippen LogP contribution in [0.3, 0.4) is 0 Å². The first-order valence-electron chi connectivity index (χ1n) is 6.80. The Morgan fingerprint density at radius 1 is 1.45 bits per heavy atom. The highest BCUT2D eigenvalue weighted by Crippen LogP contribution is 2.44. The molecule has 1 aliphatic rings. The molecule has 1 fully saturated rings. The third-order valence-electron chi connectivity index (χ3n) is 3.33. The SMILES string of the molecule is CCOC(=O)c1c(-c2ccc(C)nc2)noc1C1CC1. The minimum absolute atomic E-state index is 0.300. The zero-order valence-corrected chi connectivity index (χ0v) is 11.5. The van der Waals surface area contributed by atoms with E-state index in [1.165, 1.54) is 0 Å². The fourth-order valence-corrected chi connectivity index (χ4v) is 2.13. The van der Waals surface area contributed by atoms with E-state index in [0.717, 1.165) is 24.1 Å². The second-order valence-electron chi connectivity index (χ2n) is 4.95. The van der Waals surface area contributed by atoms with Crippen LogP contribution in [0.5, 0.6) is 0 Å². The summed E-state index contributed by atoms with van der Waals surface area (Å²) in [6.45, 7) is 4.03. The van der Waals surface area contributed by atoms with Crippen LogP contribution >= 0.6 is 0 Å². The molecule has 20 heavy (non-hydrogen) atoms. The Kier molecular flexibility index (Phi) is 3.26. The van der Waals surface area contributed by atoms with Crippen LogP contribution in [0.2, 0.25) is 0 Å². The summed E-state index contributed by atoms with van der Waals surface area (Å²) in [5, 5.41) is 4.06. The number of hydrogen-bond donors (Lipinski definition) is 0. The molecule has 0 amide bonds. The van der Waals surface area contributed by atoms with Crippen LogP contribution in [0.1, 0.15) is 47.5 Å². The molecule has 3 rings (SSSR count). The van der Waals surface area contributed by atoms with Crippen LogP contribution in [0.15, 0.2) is 22.9 Å². The summed E-state index contributed by atoms with van der Waals surface area (Å²) in [6.07, 6.45) is 3.77. The van der Waals surface area contributed by atoms with E-state index in [1.807, 2.05) is 19.1 Å². The highest BCUT2D eigenvalue weighted by Gasteiger charge is 2.36. The van der Waals surface area contributed by atoms with Crippen LogP contribution in [0, 0.1) is 6.92 Å². The summed E-state index contributed by atoms with van der Waals surface area (Å²) in [4.78, 5) is 16.4. The second-order valence-corrected chi connectivity index (χ2v) is 4.95. The van der Waals surface area contributed by atoms with Gasteiger partial charge >= 0.3 is 5.97 Å². The van der Waals surface area contributed by atoms with Gasteiger partial charge in [0, 0.05) is 23.4 Å². The van der Waals surface area contributed by atoms with Gasteiger partial charge in [0.05, 0.1) is 6.61 Å². The van der Waals surface area contributed by atoms with Crippen molar-refractivity contribution in [3.8, 4) is 11.3 Å². The summed E-state index contributed by atoms with van der Waals surface area (Å²) in [5.74, 6) is 0.583. The molecule has 0 radical (unpaired) electrons. The van der Waals surface area contributed by atoms with Crippen molar-refractivity contribution in [3.63, 3.8) is 0 Å². The van der Waals surface area contributed by atoms with E-state index in [-0.39, 0.29) is 5.97 Å². The summed E-state index contributed by atoms with van der Waals surface area (Å²) >= 11 is 0.